The molecule has 0 radical (unpaired) electrons. The Bertz CT molecular complexity index is 1800. The molecule has 2 aliphatic rings. The van der Waals surface area contributed by atoms with E-state index in [9.17, 15) is 24.0 Å². The summed E-state index contributed by atoms with van der Waals surface area (Å²) in [6.07, 6.45) is 2.91. The minimum absolute atomic E-state index is 0. The molecule has 1 fully saturated rings. The van der Waals surface area contributed by atoms with Crippen LogP contribution in [0, 0.1) is 5.92 Å². The zero-order chi connectivity index (χ0) is 39.4. The lowest BCUT2D eigenvalue weighted by Crippen LogP contribution is -2.49. The quantitative estimate of drug-likeness (QED) is 0.119. The maximum atomic E-state index is 15.0. The molecule has 3 aromatic carbocycles. The molecule has 3 aromatic rings. The molecule has 12 heteroatoms. The number of amides is 3. The lowest BCUT2D eigenvalue weighted by Gasteiger charge is -2.43. The highest BCUT2D eigenvalue weighted by molar-refractivity contribution is 7.59. The number of para-hydroxylation sites is 1. The second-order valence-electron chi connectivity index (χ2n) is 14.7. The largest absolute Gasteiger partial charge is 0.496 e. The van der Waals surface area contributed by atoms with E-state index in [-0.39, 0.29) is 56.3 Å². The summed E-state index contributed by atoms with van der Waals surface area (Å²) in [7, 11) is 1.54. The topological polar surface area (TPSA) is 140 Å². The molecular formula is C44H57N3O8S. The summed E-state index contributed by atoms with van der Waals surface area (Å²) in [5, 5.41) is 5.83. The number of hydrogen-bond acceptors (Lipinski definition) is 8. The average molecular weight is 788 g/mol. The first-order valence-corrected chi connectivity index (χ1v) is 19.6. The Hall–Kier alpha value is -4.84. The van der Waals surface area contributed by atoms with E-state index in [1.54, 1.807) is 46.1 Å². The van der Waals surface area contributed by atoms with E-state index in [1.807, 2.05) is 65.6 Å². The van der Waals surface area contributed by atoms with Gasteiger partial charge in [0.25, 0.3) is 5.91 Å². The number of methoxy groups -OCH3 is 1. The number of unbranched alkanes of at least 4 members (excludes halogenated alkanes) is 1. The second kappa shape index (κ2) is 20.9. The molecule has 0 saturated carbocycles. The molecule has 0 unspecified atom stereocenters. The van der Waals surface area contributed by atoms with E-state index >= 15 is 0 Å². The Morgan fingerprint density at radius 1 is 0.875 bits per heavy atom. The Morgan fingerprint density at radius 2 is 1.55 bits per heavy atom. The number of nitrogens with zero attached hydrogens (tertiary/aromatic N) is 1. The summed E-state index contributed by atoms with van der Waals surface area (Å²) in [4.78, 5) is 69.4. The zero-order valence-electron chi connectivity index (χ0n) is 33.0. The predicted molar refractivity (Wildman–Crippen MR) is 219 cm³/mol. The third-order valence-corrected chi connectivity index (χ3v) is 10.8. The third-order valence-electron chi connectivity index (χ3n) is 10.8. The number of carbonyl (C=O) groups is 5. The van der Waals surface area contributed by atoms with Crippen LogP contribution in [0.4, 0.5) is 4.79 Å². The average Bonchev–Trinajstić information content (AvgIpc) is 3.19. The summed E-state index contributed by atoms with van der Waals surface area (Å²) in [6, 6.07) is 24.5. The van der Waals surface area contributed by atoms with Gasteiger partial charge in [0.2, 0.25) is 5.91 Å². The summed E-state index contributed by atoms with van der Waals surface area (Å²) in [5.41, 5.74) is 1.87. The Morgan fingerprint density at radius 3 is 2.25 bits per heavy atom. The molecule has 0 aromatic heterocycles. The van der Waals surface area contributed by atoms with Crippen LogP contribution >= 0.6 is 13.5 Å². The first-order valence-electron chi connectivity index (χ1n) is 19.6. The van der Waals surface area contributed by atoms with Crippen LogP contribution in [0.3, 0.4) is 0 Å². The molecule has 2 N–H and O–H groups in total. The number of nitrogens with one attached hydrogen (secondary N) is 2. The maximum Gasteiger partial charge on any atom is 0.407 e. The van der Waals surface area contributed by atoms with Crippen molar-refractivity contribution < 1.29 is 38.2 Å². The van der Waals surface area contributed by atoms with Crippen molar-refractivity contribution in [3.8, 4) is 5.75 Å². The number of fused-ring (bicyclic) bond motifs is 1. The molecule has 1 aliphatic heterocycles. The number of ether oxygens (including phenoxy) is 3. The summed E-state index contributed by atoms with van der Waals surface area (Å²) < 4.78 is 16.0. The number of Topliss-reactive ketones (excluding diaryl/α,β-unsaturated/α-hetero) is 1. The fraction of sp³-hybridized carbons (Fsp3) is 0.477. The number of carbonyl (C=O) groups excluding carboxylic acids is 5. The normalized spacial score (nSPS) is 18.4. The van der Waals surface area contributed by atoms with Gasteiger partial charge in [-0.05, 0) is 88.1 Å². The van der Waals surface area contributed by atoms with Crippen LogP contribution in [0.15, 0.2) is 78.9 Å². The molecular weight excluding hydrogens is 731 g/mol. The predicted octanol–water partition coefficient (Wildman–Crippen LogP) is 6.84. The molecule has 11 nitrogen and oxygen atoms in total. The molecule has 0 spiro atoms. The van der Waals surface area contributed by atoms with E-state index in [2.05, 4.69) is 10.6 Å². The lowest BCUT2D eigenvalue weighted by molar-refractivity contribution is -0.154. The van der Waals surface area contributed by atoms with Crippen molar-refractivity contribution in [3.63, 3.8) is 0 Å². The number of esters is 1. The summed E-state index contributed by atoms with van der Waals surface area (Å²) >= 11 is 0. The van der Waals surface area contributed by atoms with E-state index in [0.29, 0.717) is 75.9 Å². The number of rotatable bonds is 16. The van der Waals surface area contributed by atoms with Crippen LogP contribution in [0.1, 0.15) is 105 Å². The zero-order valence-corrected chi connectivity index (χ0v) is 34.0. The van der Waals surface area contributed by atoms with Gasteiger partial charge in [-0.1, -0.05) is 73.2 Å². The highest BCUT2D eigenvalue weighted by Crippen LogP contribution is 2.49. The SMILES string of the molecule is CCOC(=O)NCCCC[C@@H](CC(=O)[C@@]1(c2ccccc2)CC[C@H](C(=O)N2CCC(NC(=O)c3ccccc3OC)CC2)c2ccccc21)C(=O)OC(C)C.S. The van der Waals surface area contributed by atoms with Gasteiger partial charge in [0.1, 0.15) is 11.5 Å². The highest BCUT2D eigenvalue weighted by Gasteiger charge is 2.49. The minimum Gasteiger partial charge on any atom is -0.496 e. The van der Waals surface area contributed by atoms with Crippen LogP contribution in [-0.4, -0.2) is 80.1 Å². The molecule has 1 aliphatic carbocycles. The molecule has 5 rings (SSSR count). The number of ketones is 1. The van der Waals surface area contributed by atoms with Crippen LogP contribution in [0.2, 0.25) is 0 Å². The molecule has 1 saturated heterocycles. The standard InChI is InChI=1S/C44H55N3O8.H2S/c1-5-54-43(52)45-26-14-13-15-31(42(51)55-30(2)3)29-39(48)44(32-16-7-6-8-17-32)25-22-35(34-18-9-11-20-37(34)44)41(50)47-27-23-33(24-28-47)46-40(49)36-19-10-12-21-38(36)53-4;/h6-12,16-21,30-31,33,35H,5,13-15,22-29H2,1-4H3,(H,45,52)(H,46,49);1H2/t31-,35-,44+;/m0./s1. The Labute approximate surface area is 337 Å². The Balaban J connectivity index is 0.00000696. The molecule has 1 heterocycles. The van der Waals surface area contributed by atoms with Crippen molar-refractivity contribution in [2.75, 3.05) is 33.4 Å². The number of benzene rings is 3. The van der Waals surface area contributed by atoms with Gasteiger partial charge >= 0.3 is 12.1 Å². The first kappa shape index (κ1) is 43.9. The van der Waals surface area contributed by atoms with Crippen molar-refractivity contribution in [3.05, 3.63) is 101 Å². The second-order valence-corrected chi connectivity index (χ2v) is 14.7. The maximum absolute atomic E-state index is 15.0. The van der Waals surface area contributed by atoms with Crippen LogP contribution < -0.4 is 15.4 Å². The van der Waals surface area contributed by atoms with Gasteiger partial charge in [-0.25, -0.2) is 4.79 Å². The number of alkyl carbamates (subject to hydrolysis) is 1. The number of piperidine rings is 1. The van der Waals surface area contributed by atoms with Gasteiger partial charge in [0.05, 0.1) is 42.6 Å². The van der Waals surface area contributed by atoms with Crippen molar-refractivity contribution >= 4 is 43.2 Å². The van der Waals surface area contributed by atoms with Gasteiger partial charge in [-0.2, -0.15) is 13.5 Å². The van der Waals surface area contributed by atoms with Gasteiger partial charge in [0, 0.05) is 32.1 Å². The van der Waals surface area contributed by atoms with E-state index in [0.717, 1.165) is 16.7 Å². The number of hydrogen-bond donors (Lipinski definition) is 2. The number of likely N-dealkylation sites (tertiary alicyclic amines) is 1. The molecule has 3 amide bonds. The van der Waals surface area contributed by atoms with Crippen molar-refractivity contribution in [1.82, 2.24) is 15.5 Å². The van der Waals surface area contributed by atoms with E-state index in [1.165, 1.54) is 0 Å². The van der Waals surface area contributed by atoms with Gasteiger partial charge in [0.15, 0.2) is 0 Å². The molecule has 0 bridgehead atoms. The summed E-state index contributed by atoms with van der Waals surface area (Å²) in [6.45, 7) is 7.01. The lowest BCUT2D eigenvalue weighted by atomic mass is 9.60. The smallest absolute Gasteiger partial charge is 0.407 e. The first-order chi connectivity index (χ1) is 26.6. The molecule has 56 heavy (non-hydrogen) atoms. The third kappa shape index (κ3) is 10.5. The van der Waals surface area contributed by atoms with Gasteiger partial charge < -0.3 is 29.7 Å². The van der Waals surface area contributed by atoms with Crippen molar-refractivity contribution in [2.45, 2.75) is 95.6 Å². The van der Waals surface area contributed by atoms with Crippen molar-refractivity contribution in [2.24, 2.45) is 5.92 Å². The van der Waals surface area contributed by atoms with Gasteiger partial charge in [-0.3, -0.25) is 19.2 Å². The Kier molecular flexibility index (Phi) is 16.4. The minimum atomic E-state index is -1.06. The fourth-order valence-corrected chi connectivity index (χ4v) is 8.05. The highest BCUT2D eigenvalue weighted by atomic mass is 32.1. The van der Waals surface area contributed by atoms with Crippen LogP contribution in [0.5, 0.6) is 5.75 Å². The van der Waals surface area contributed by atoms with Crippen molar-refractivity contribution in [1.29, 1.82) is 0 Å². The summed E-state index contributed by atoms with van der Waals surface area (Å²) in [5.74, 6) is -1.27. The van der Waals surface area contributed by atoms with E-state index < -0.39 is 29.3 Å². The fourth-order valence-electron chi connectivity index (χ4n) is 8.05. The van der Waals surface area contributed by atoms with E-state index in [4.69, 9.17) is 14.2 Å². The van der Waals surface area contributed by atoms with Crippen LogP contribution in [0.25, 0.3) is 0 Å². The monoisotopic (exact) mass is 787 g/mol. The van der Waals surface area contributed by atoms with Crippen LogP contribution in [-0.2, 0) is 29.3 Å². The molecule has 3 atom stereocenters. The molecule has 302 valence electrons. The van der Waals surface area contributed by atoms with Gasteiger partial charge in [-0.15, -0.1) is 0 Å².